The molecule has 4 N–H and O–H groups in total. The Morgan fingerprint density at radius 1 is 1.29 bits per heavy atom. The minimum atomic E-state index is -0.630. The quantitative estimate of drug-likeness (QED) is 0.452. The van der Waals surface area contributed by atoms with Crippen LogP contribution in [0.2, 0.25) is 5.02 Å². The van der Waals surface area contributed by atoms with Gasteiger partial charge < -0.3 is 10.7 Å². The number of amides is 1. The number of nitrogens with two attached hydrogens (primary N) is 1. The van der Waals surface area contributed by atoms with Gasteiger partial charge in [-0.05, 0) is 24.3 Å². The van der Waals surface area contributed by atoms with Crippen molar-refractivity contribution in [2.75, 3.05) is 10.7 Å². The summed E-state index contributed by atoms with van der Waals surface area (Å²) in [7, 11) is 0. The summed E-state index contributed by atoms with van der Waals surface area (Å²) in [5, 5.41) is 13.3. The van der Waals surface area contributed by atoms with Crippen molar-refractivity contribution in [3.05, 3.63) is 57.4 Å². The number of pyridine rings is 1. The molecule has 9 heteroatoms. The molecule has 0 fully saturated rings. The Hall–Kier alpha value is -2.71. The normalized spacial score (nSPS) is 10.0. The van der Waals surface area contributed by atoms with Gasteiger partial charge in [0.25, 0.3) is 11.6 Å². The van der Waals surface area contributed by atoms with Crippen molar-refractivity contribution in [2.24, 2.45) is 5.84 Å². The third kappa shape index (κ3) is 3.44. The molecule has 0 atom stereocenters. The lowest BCUT2D eigenvalue weighted by Gasteiger charge is -2.06. The highest BCUT2D eigenvalue weighted by Crippen LogP contribution is 2.27. The van der Waals surface area contributed by atoms with Gasteiger partial charge in [-0.25, -0.2) is 0 Å². The lowest BCUT2D eigenvalue weighted by Crippen LogP contribution is -2.15. The number of rotatable bonds is 4. The van der Waals surface area contributed by atoms with Crippen LogP contribution in [0.4, 0.5) is 17.1 Å². The zero-order chi connectivity index (χ0) is 15.4. The molecule has 0 unspecified atom stereocenters. The van der Waals surface area contributed by atoms with Crippen molar-refractivity contribution in [1.29, 1.82) is 0 Å². The van der Waals surface area contributed by atoms with Crippen LogP contribution < -0.4 is 16.6 Å². The fourth-order valence-electron chi connectivity index (χ4n) is 1.57. The van der Waals surface area contributed by atoms with Crippen molar-refractivity contribution >= 4 is 34.6 Å². The first-order chi connectivity index (χ1) is 10.0. The summed E-state index contributed by atoms with van der Waals surface area (Å²) in [6, 6.07) is 6.99. The smallest absolute Gasteiger partial charge is 0.289 e. The molecule has 0 aliphatic rings. The minimum Gasteiger partial charge on any atom is -0.324 e. The third-order valence-electron chi connectivity index (χ3n) is 2.56. The molecule has 0 saturated carbocycles. The van der Waals surface area contributed by atoms with E-state index in [4.69, 9.17) is 17.4 Å². The molecule has 21 heavy (non-hydrogen) atoms. The maximum absolute atomic E-state index is 12.0. The summed E-state index contributed by atoms with van der Waals surface area (Å²) in [5.74, 6) is 4.72. The van der Waals surface area contributed by atoms with Crippen LogP contribution in [0, 0.1) is 10.1 Å². The van der Waals surface area contributed by atoms with Crippen molar-refractivity contribution in [3.63, 3.8) is 0 Å². The number of carbonyl (C=O) groups is 1. The SMILES string of the molecule is NNc1ccnc(C(=O)Nc2ccc(Cl)c([N+](=O)[O-])c2)c1. The van der Waals surface area contributed by atoms with Crippen LogP contribution in [0.3, 0.4) is 0 Å². The molecule has 0 spiro atoms. The number of anilines is 2. The second-order valence-corrected chi connectivity index (χ2v) is 4.36. The molecule has 108 valence electrons. The Morgan fingerprint density at radius 3 is 2.71 bits per heavy atom. The predicted molar refractivity (Wildman–Crippen MR) is 78.1 cm³/mol. The van der Waals surface area contributed by atoms with Crippen molar-refractivity contribution in [3.8, 4) is 0 Å². The van der Waals surface area contributed by atoms with E-state index in [1.54, 1.807) is 6.07 Å². The average molecular weight is 308 g/mol. The molecule has 0 aliphatic carbocycles. The summed E-state index contributed by atoms with van der Waals surface area (Å²) in [6.07, 6.45) is 1.41. The molecule has 0 bridgehead atoms. The molecule has 0 aliphatic heterocycles. The highest BCUT2D eigenvalue weighted by molar-refractivity contribution is 6.32. The molecular weight excluding hydrogens is 298 g/mol. The highest BCUT2D eigenvalue weighted by atomic mass is 35.5. The fourth-order valence-corrected chi connectivity index (χ4v) is 1.76. The number of hydrogen-bond donors (Lipinski definition) is 3. The van der Waals surface area contributed by atoms with Crippen LogP contribution in [0.15, 0.2) is 36.5 Å². The van der Waals surface area contributed by atoms with Gasteiger partial charge in [0.05, 0.1) is 10.6 Å². The first-order valence-electron chi connectivity index (χ1n) is 5.69. The fraction of sp³-hybridized carbons (Fsp3) is 0. The standard InChI is InChI=1S/C12H10ClN5O3/c13-9-2-1-7(6-11(9)18(20)21)16-12(19)10-5-8(17-14)3-4-15-10/h1-6H,14H2,(H,15,17)(H,16,19). The van der Waals surface area contributed by atoms with Gasteiger partial charge in [0, 0.05) is 18.0 Å². The van der Waals surface area contributed by atoms with Crippen LogP contribution in [0.1, 0.15) is 10.5 Å². The van der Waals surface area contributed by atoms with Gasteiger partial charge in [0.1, 0.15) is 10.7 Å². The van der Waals surface area contributed by atoms with Crippen LogP contribution in [0.25, 0.3) is 0 Å². The van der Waals surface area contributed by atoms with Gasteiger partial charge in [-0.3, -0.25) is 25.7 Å². The summed E-state index contributed by atoms with van der Waals surface area (Å²) in [6.45, 7) is 0. The first-order valence-corrected chi connectivity index (χ1v) is 6.07. The van der Waals surface area contributed by atoms with E-state index in [-0.39, 0.29) is 22.1 Å². The largest absolute Gasteiger partial charge is 0.324 e. The number of nitro groups is 1. The van der Waals surface area contributed by atoms with Gasteiger partial charge in [-0.2, -0.15) is 0 Å². The number of halogens is 1. The number of nitrogens with one attached hydrogen (secondary N) is 2. The molecule has 1 aromatic heterocycles. The summed E-state index contributed by atoms with van der Waals surface area (Å²) >= 11 is 5.70. The topological polar surface area (TPSA) is 123 Å². The van der Waals surface area contributed by atoms with Gasteiger partial charge >= 0.3 is 0 Å². The van der Waals surface area contributed by atoms with Crippen molar-refractivity contribution in [1.82, 2.24) is 4.98 Å². The van der Waals surface area contributed by atoms with E-state index < -0.39 is 10.8 Å². The van der Waals surface area contributed by atoms with Gasteiger partial charge in [0.15, 0.2) is 0 Å². The molecule has 1 amide bonds. The highest BCUT2D eigenvalue weighted by Gasteiger charge is 2.15. The zero-order valence-electron chi connectivity index (χ0n) is 10.5. The number of hydrazine groups is 1. The van der Waals surface area contributed by atoms with Crippen LogP contribution in [-0.4, -0.2) is 15.8 Å². The van der Waals surface area contributed by atoms with Gasteiger partial charge in [-0.15, -0.1) is 0 Å². The number of nitro benzene ring substituents is 1. The molecule has 2 aromatic rings. The lowest BCUT2D eigenvalue weighted by atomic mass is 10.2. The van der Waals surface area contributed by atoms with Gasteiger partial charge in [0.2, 0.25) is 0 Å². The first kappa shape index (κ1) is 14.7. The maximum atomic E-state index is 12.0. The number of nitrogen functional groups attached to an aromatic ring is 1. The second-order valence-electron chi connectivity index (χ2n) is 3.95. The Balaban J connectivity index is 2.23. The third-order valence-corrected chi connectivity index (χ3v) is 2.88. The maximum Gasteiger partial charge on any atom is 0.289 e. The number of carbonyl (C=O) groups excluding carboxylic acids is 1. The Labute approximate surface area is 124 Å². The van der Waals surface area contributed by atoms with Gasteiger partial charge in [-0.1, -0.05) is 11.6 Å². The number of nitrogens with zero attached hydrogens (tertiary/aromatic N) is 2. The van der Waals surface area contributed by atoms with Crippen LogP contribution in [-0.2, 0) is 0 Å². The Kier molecular flexibility index (Phi) is 4.31. The molecule has 8 nitrogen and oxygen atoms in total. The van der Waals surface area contributed by atoms with E-state index in [1.165, 1.54) is 30.5 Å². The van der Waals surface area contributed by atoms with E-state index in [2.05, 4.69) is 15.7 Å². The molecule has 0 saturated heterocycles. The van der Waals surface area contributed by atoms with Crippen molar-refractivity contribution < 1.29 is 9.72 Å². The molecular formula is C12H10ClN5O3. The number of benzene rings is 1. The predicted octanol–water partition coefficient (Wildman–Crippen LogP) is 2.18. The van der Waals surface area contributed by atoms with E-state index >= 15 is 0 Å². The number of aromatic nitrogens is 1. The molecule has 2 rings (SSSR count). The Bertz CT molecular complexity index is 707. The zero-order valence-corrected chi connectivity index (χ0v) is 11.3. The summed E-state index contributed by atoms with van der Waals surface area (Å²) in [5.41, 5.74) is 2.96. The van der Waals surface area contributed by atoms with E-state index in [0.29, 0.717) is 5.69 Å². The van der Waals surface area contributed by atoms with E-state index in [0.717, 1.165) is 0 Å². The lowest BCUT2D eigenvalue weighted by molar-refractivity contribution is -0.384. The van der Waals surface area contributed by atoms with Crippen LogP contribution >= 0.6 is 11.6 Å². The van der Waals surface area contributed by atoms with Crippen LogP contribution in [0.5, 0.6) is 0 Å². The summed E-state index contributed by atoms with van der Waals surface area (Å²) in [4.78, 5) is 26.1. The Morgan fingerprint density at radius 2 is 2.05 bits per heavy atom. The summed E-state index contributed by atoms with van der Waals surface area (Å²) < 4.78 is 0. The van der Waals surface area contributed by atoms with Crippen molar-refractivity contribution in [2.45, 2.75) is 0 Å². The number of hydrogen-bond acceptors (Lipinski definition) is 6. The van der Waals surface area contributed by atoms with E-state index in [9.17, 15) is 14.9 Å². The molecule has 1 aromatic carbocycles. The monoisotopic (exact) mass is 307 g/mol. The minimum absolute atomic E-state index is 0.00884. The molecule has 0 radical (unpaired) electrons. The van der Waals surface area contributed by atoms with E-state index in [1.807, 2.05) is 0 Å². The average Bonchev–Trinajstić information content (AvgIpc) is 2.49. The molecule has 1 heterocycles. The second kappa shape index (κ2) is 6.16.